The molecule has 1 aliphatic heterocycles. The molecule has 4 rings (SSSR count). The first-order valence-corrected chi connectivity index (χ1v) is 7.31. The molecule has 2 bridgehead atoms. The Kier molecular flexibility index (Phi) is 2.64. The largest absolute Gasteiger partial charge is 0.274 e. The molecule has 3 fully saturated rings. The lowest BCUT2D eigenvalue weighted by Crippen LogP contribution is -2.33. The van der Waals surface area contributed by atoms with Crippen molar-refractivity contribution in [3.8, 4) is 0 Å². The maximum atomic E-state index is 14.0. The molecule has 4 atom stereocenters. The van der Waals surface area contributed by atoms with Crippen LogP contribution in [0.5, 0.6) is 0 Å². The molecular weight excluding hydrogens is 291 g/mol. The van der Waals surface area contributed by atoms with Crippen LogP contribution in [-0.4, -0.2) is 16.7 Å². The van der Waals surface area contributed by atoms with E-state index in [-0.39, 0.29) is 35.0 Å². The first kappa shape index (κ1) is 13.4. The number of hydrogen-bond donors (Lipinski definition) is 0. The third-order valence-corrected chi connectivity index (χ3v) is 5.31. The molecule has 0 radical (unpaired) electrons. The van der Waals surface area contributed by atoms with E-state index in [0.717, 1.165) is 42.4 Å². The molecule has 0 spiro atoms. The number of nitrogens with zero attached hydrogens (tertiary/aromatic N) is 2. The molecule has 114 valence electrons. The molecule has 1 saturated heterocycles. The van der Waals surface area contributed by atoms with Crippen LogP contribution in [0.1, 0.15) is 19.3 Å². The first-order chi connectivity index (χ1) is 10.5. The number of anilines is 1. The van der Waals surface area contributed by atoms with E-state index >= 15 is 0 Å². The Labute approximate surface area is 125 Å². The van der Waals surface area contributed by atoms with Gasteiger partial charge in [0, 0.05) is 12.1 Å². The Hall–Kier alpha value is -2.31. The molecule has 0 N–H and O–H groups in total. The van der Waals surface area contributed by atoms with Crippen LogP contribution in [0.3, 0.4) is 0 Å². The summed E-state index contributed by atoms with van der Waals surface area (Å²) in [5.41, 5.74) is -0.630. The second-order valence-electron chi connectivity index (χ2n) is 6.29. The van der Waals surface area contributed by atoms with Gasteiger partial charge in [-0.3, -0.25) is 19.7 Å². The van der Waals surface area contributed by atoms with Gasteiger partial charge in [0.05, 0.1) is 22.4 Å². The predicted molar refractivity (Wildman–Crippen MR) is 73.4 cm³/mol. The number of halogens is 1. The van der Waals surface area contributed by atoms with E-state index in [2.05, 4.69) is 0 Å². The van der Waals surface area contributed by atoms with E-state index in [1.807, 2.05) is 0 Å². The van der Waals surface area contributed by atoms with Crippen molar-refractivity contribution in [3.63, 3.8) is 0 Å². The Bertz CT molecular complexity index is 691. The molecule has 3 aliphatic rings. The SMILES string of the molecule is O=C1[C@@H]2[C@@H]3CC[C@@H](C3)[C@@H]2C(=O)N1c1cc([N+](=O)[O-])ccc1F. The molecule has 2 aliphatic carbocycles. The van der Waals surface area contributed by atoms with Gasteiger partial charge >= 0.3 is 0 Å². The average Bonchev–Trinajstić information content (AvgIpc) is 3.14. The number of hydrogen-bond acceptors (Lipinski definition) is 4. The van der Waals surface area contributed by atoms with Gasteiger partial charge < -0.3 is 0 Å². The van der Waals surface area contributed by atoms with Gasteiger partial charge in [-0.25, -0.2) is 9.29 Å². The highest BCUT2D eigenvalue weighted by Crippen LogP contribution is 2.56. The van der Waals surface area contributed by atoms with Gasteiger partial charge in [0.25, 0.3) is 5.69 Å². The minimum absolute atomic E-state index is 0.193. The Morgan fingerprint density at radius 2 is 1.73 bits per heavy atom. The second kappa shape index (κ2) is 4.34. The first-order valence-electron chi connectivity index (χ1n) is 7.31. The van der Waals surface area contributed by atoms with Crippen LogP contribution in [0.25, 0.3) is 0 Å². The van der Waals surface area contributed by atoms with Crippen LogP contribution in [0.2, 0.25) is 0 Å². The maximum absolute atomic E-state index is 14.0. The van der Waals surface area contributed by atoms with Crippen molar-refractivity contribution in [1.82, 2.24) is 0 Å². The van der Waals surface area contributed by atoms with Crippen LogP contribution in [-0.2, 0) is 9.59 Å². The fourth-order valence-corrected chi connectivity index (χ4v) is 4.43. The summed E-state index contributed by atoms with van der Waals surface area (Å²) < 4.78 is 14.0. The van der Waals surface area contributed by atoms with E-state index in [0.29, 0.717) is 0 Å². The van der Waals surface area contributed by atoms with Crippen molar-refractivity contribution >= 4 is 23.2 Å². The molecule has 2 amide bonds. The molecule has 1 aromatic carbocycles. The highest BCUT2D eigenvalue weighted by Gasteiger charge is 2.61. The summed E-state index contributed by atoms with van der Waals surface area (Å²) in [7, 11) is 0. The Morgan fingerprint density at radius 3 is 2.27 bits per heavy atom. The van der Waals surface area contributed by atoms with Gasteiger partial charge in [-0.05, 0) is 37.2 Å². The Morgan fingerprint density at radius 1 is 1.14 bits per heavy atom. The minimum Gasteiger partial charge on any atom is -0.274 e. The number of carbonyl (C=O) groups excluding carboxylic acids is 2. The van der Waals surface area contributed by atoms with Crippen LogP contribution in [0, 0.1) is 39.6 Å². The van der Waals surface area contributed by atoms with E-state index < -0.39 is 22.6 Å². The zero-order valence-electron chi connectivity index (χ0n) is 11.6. The van der Waals surface area contributed by atoms with Crippen molar-refractivity contribution in [3.05, 3.63) is 34.1 Å². The molecule has 22 heavy (non-hydrogen) atoms. The third kappa shape index (κ3) is 1.59. The summed E-state index contributed by atoms with van der Waals surface area (Å²) in [6.07, 6.45) is 2.74. The van der Waals surface area contributed by atoms with Gasteiger partial charge in [-0.2, -0.15) is 0 Å². The van der Waals surface area contributed by atoms with E-state index in [1.54, 1.807) is 0 Å². The van der Waals surface area contributed by atoms with Crippen molar-refractivity contribution in [2.24, 2.45) is 23.7 Å². The molecular formula is C15H13FN2O4. The number of fused-ring (bicyclic) bond motifs is 5. The van der Waals surface area contributed by atoms with E-state index in [4.69, 9.17) is 0 Å². The number of benzene rings is 1. The standard InChI is InChI=1S/C15H13FN2O4/c16-10-4-3-9(18(21)22)6-11(10)17-14(19)12-7-1-2-8(5-7)13(12)15(17)20/h3-4,6-8,12-13H,1-2,5H2/t7-,8+,12-,13+. The van der Waals surface area contributed by atoms with Crippen LogP contribution < -0.4 is 4.90 Å². The van der Waals surface area contributed by atoms with E-state index in [1.165, 1.54) is 0 Å². The van der Waals surface area contributed by atoms with Gasteiger partial charge in [-0.1, -0.05) is 0 Å². The van der Waals surface area contributed by atoms with Gasteiger partial charge in [-0.15, -0.1) is 0 Å². The summed E-state index contributed by atoms with van der Waals surface area (Å²) in [4.78, 5) is 36.2. The van der Waals surface area contributed by atoms with Crippen molar-refractivity contribution in [2.45, 2.75) is 19.3 Å². The van der Waals surface area contributed by atoms with Crippen molar-refractivity contribution < 1.29 is 18.9 Å². The lowest BCUT2D eigenvalue weighted by molar-refractivity contribution is -0.384. The average molecular weight is 304 g/mol. The van der Waals surface area contributed by atoms with Crippen LogP contribution in [0.15, 0.2) is 18.2 Å². The molecule has 0 unspecified atom stereocenters. The summed E-state index contributed by atoms with van der Waals surface area (Å²) in [5.74, 6) is -1.95. The molecule has 7 heteroatoms. The highest BCUT2D eigenvalue weighted by atomic mass is 19.1. The van der Waals surface area contributed by atoms with Crippen molar-refractivity contribution in [1.29, 1.82) is 0 Å². The van der Waals surface area contributed by atoms with Gasteiger partial charge in [0.2, 0.25) is 11.8 Å². The third-order valence-electron chi connectivity index (χ3n) is 5.31. The fourth-order valence-electron chi connectivity index (χ4n) is 4.43. The second-order valence-corrected chi connectivity index (χ2v) is 6.29. The predicted octanol–water partition coefficient (Wildman–Crippen LogP) is 2.27. The Balaban J connectivity index is 1.78. The number of amides is 2. The van der Waals surface area contributed by atoms with Crippen LogP contribution in [0.4, 0.5) is 15.8 Å². The lowest BCUT2D eigenvalue weighted by Gasteiger charge is -2.19. The minimum atomic E-state index is -0.792. The quantitative estimate of drug-likeness (QED) is 0.477. The van der Waals surface area contributed by atoms with E-state index in [9.17, 15) is 24.1 Å². The summed E-state index contributed by atoms with van der Waals surface area (Å²) in [6.45, 7) is 0. The zero-order chi connectivity index (χ0) is 15.6. The maximum Gasteiger partial charge on any atom is 0.271 e. The normalized spacial score (nSPS) is 32.7. The highest BCUT2D eigenvalue weighted by molar-refractivity contribution is 6.22. The summed E-state index contributed by atoms with van der Waals surface area (Å²) in [5, 5.41) is 10.8. The summed E-state index contributed by atoms with van der Waals surface area (Å²) >= 11 is 0. The molecule has 1 heterocycles. The molecule has 0 aromatic heterocycles. The molecule has 1 aromatic rings. The number of nitro benzene ring substituents is 1. The molecule has 6 nitrogen and oxygen atoms in total. The smallest absolute Gasteiger partial charge is 0.271 e. The number of nitro groups is 1. The van der Waals surface area contributed by atoms with Crippen LogP contribution >= 0.6 is 0 Å². The zero-order valence-corrected chi connectivity index (χ0v) is 11.6. The van der Waals surface area contributed by atoms with Crippen molar-refractivity contribution in [2.75, 3.05) is 4.90 Å². The molecule has 2 saturated carbocycles. The van der Waals surface area contributed by atoms with Gasteiger partial charge in [0.1, 0.15) is 5.82 Å². The van der Waals surface area contributed by atoms with Gasteiger partial charge in [0.15, 0.2) is 0 Å². The lowest BCUT2D eigenvalue weighted by atomic mass is 9.81. The number of rotatable bonds is 2. The monoisotopic (exact) mass is 304 g/mol. The number of carbonyl (C=O) groups is 2. The fraction of sp³-hybridized carbons (Fsp3) is 0.467. The summed E-state index contributed by atoms with van der Waals surface area (Å²) in [6, 6.07) is 2.92. The number of imide groups is 1. The topological polar surface area (TPSA) is 80.5 Å². The number of non-ortho nitro benzene ring substituents is 1.